The van der Waals surface area contributed by atoms with Crippen molar-refractivity contribution in [1.29, 1.82) is 0 Å². The predicted octanol–water partition coefficient (Wildman–Crippen LogP) is 3.02. The lowest BCUT2D eigenvalue weighted by Gasteiger charge is -2.27. The van der Waals surface area contributed by atoms with Gasteiger partial charge < -0.3 is 14.6 Å². The van der Waals surface area contributed by atoms with Crippen molar-refractivity contribution >= 4 is 17.5 Å². The standard InChI is InChI=1S/C17H16ClN5O/c18-13-3-1-12(2-4-13)15-14(16-19-5-6-20-16)11-21-17(22-15)23-7-9-24-10-8-23/h1-6,11H,7-10H2,(H,19,20). The molecule has 1 aliphatic rings. The molecule has 6 nitrogen and oxygen atoms in total. The molecule has 1 fully saturated rings. The highest BCUT2D eigenvalue weighted by Gasteiger charge is 2.18. The first-order chi connectivity index (χ1) is 11.8. The number of anilines is 1. The third-order valence-corrected chi connectivity index (χ3v) is 4.19. The van der Waals surface area contributed by atoms with Gasteiger partial charge in [0.25, 0.3) is 0 Å². The summed E-state index contributed by atoms with van der Waals surface area (Å²) in [5.41, 5.74) is 2.67. The van der Waals surface area contributed by atoms with Gasteiger partial charge in [-0.2, -0.15) is 0 Å². The molecule has 24 heavy (non-hydrogen) atoms. The summed E-state index contributed by atoms with van der Waals surface area (Å²) >= 11 is 6.02. The van der Waals surface area contributed by atoms with E-state index >= 15 is 0 Å². The highest BCUT2D eigenvalue weighted by Crippen LogP contribution is 2.30. The lowest BCUT2D eigenvalue weighted by atomic mass is 10.1. The molecule has 0 radical (unpaired) electrons. The fourth-order valence-corrected chi connectivity index (χ4v) is 2.83. The van der Waals surface area contributed by atoms with Gasteiger partial charge in [-0.1, -0.05) is 23.7 Å². The summed E-state index contributed by atoms with van der Waals surface area (Å²) in [5, 5.41) is 0.695. The maximum Gasteiger partial charge on any atom is 0.226 e. The molecule has 2 aromatic heterocycles. The van der Waals surface area contributed by atoms with Gasteiger partial charge in [0.2, 0.25) is 5.95 Å². The number of nitrogens with zero attached hydrogens (tertiary/aromatic N) is 4. The molecule has 0 atom stereocenters. The molecular weight excluding hydrogens is 326 g/mol. The molecule has 0 unspecified atom stereocenters. The molecule has 4 rings (SSSR count). The molecule has 1 saturated heterocycles. The Morgan fingerprint density at radius 1 is 1.08 bits per heavy atom. The molecule has 3 aromatic rings. The Labute approximate surface area is 144 Å². The first-order valence-electron chi connectivity index (χ1n) is 7.77. The predicted molar refractivity (Wildman–Crippen MR) is 93.1 cm³/mol. The van der Waals surface area contributed by atoms with Crippen LogP contribution in [-0.4, -0.2) is 46.2 Å². The lowest BCUT2D eigenvalue weighted by Crippen LogP contribution is -2.37. The zero-order chi connectivity index (χ0) is 16.4. The van der Waals surface area contributed by atoms with Gasteiger partial charge in [-0.15, -0.1) is 0 Å². The molecule has 0 amide bonds. The van der Waals surface area contributed by atoms with Crippen LogP contribution in [-0.2, 0) is 4.74 Å². The maximum absolute atomic E-state index is 6.02. The average Bonchev–Trinajstić information content (AvgIpc) is 3.17. The summed E-state index contributed by atoms with van der Waals surface area (Å²) < 4.78 is 5.40. The lowest BCUT2D eigenvalue weighted by molar-refractivity contribution is 0.122. The van der Waals surface area contributed by atoms with Gasteiger partial charge in [0, 0.05) is 42.3 Å². The number of hydrogen-bond acceptors (Lipinski definition) is 5. The van der Waals surface area contributed by atoms with Crippen LogP contribution in [0.1, 0.15) is 0 Å². The maximum atomic E-state index is 6.02. The molecule has 0 aliphatic carbocycles. The quantitative estimate of drug-likeness (QED) is 0.793. The summed E-state index contributed by atoms with van der Waals surface area (Å²) in [6.07, 6.45) is 5.33. The van der Waals surface area contributed by atoms with Crippen molar-refractivity contribution in [2.75, 3.05) is 31.2 Å². The Bertz CT molecular complexity index is 814. The number of hydrogen-bond donors (Lipinski definition) is 1. The summed E-state index contributed by atoms with van der Waals surface area (Å²) in [6.45, 7) is 2.97. The minimum Gasteiger partial charge on any atom is -0.378 e. The van der Waals surface area contributed by atoms with E-state index in [1.54, 1.807) is 12.4 Å². The smallest absolute Gasteiger partial charge is 0.226 e. The first kappa shape index (κ1) is 15.1. The van der Waals surface area contributed by atoms with Crippen LogP contribution >= 0.6 is 11.6 Å². The highest BCUT2D eigenvalue weighted by atomic mass is 35.5. The topological polar surface area (TPSA) is 66.9 Å². The Kier molecular flexibility index (Phi) is 4.15. The molecule has 1 aromatic carbocycles. The van der Waals surface area contributed by atoms with E-state index in [-0.39, 0.29) is 0 Å². The third kappa shape index (κ3) is 2.98. The normalized spacial score (nSPS) is 14.8. The summed E-state index contributed by atoms with van der Waals surface area (Å²) in [6, 6.07) is 7.64. The van der Waals surface area contributed by atoms with Crippen molar-refractivity contribution in [1.82, 2.24) is 19.9 Å². The monoisotopic (exact) mass is 341 g/mol. The zero-order valence-corrected chi connectivity index (χ0v) is 13.7. The van der Waals surface area contributed by atoms with E-state index in [1.165, 1.54) is 0 Å². The first-order valence-corrected chi connectivity index (χ1v) is 8.14. The van der Waals surface area contributed by atoms with Crippen molar-refractivity contribution in [3.05, 3.63) is 47.9 Å². The minimum absolute atomic E-state index is 0.694. The van der Waals surface area contributed by atoms with Gasteiger partial charge in [0.15, 0.2) is 0 Å². The largest absolute Gasteiger partial charge is 0.378 e. The second kappa shape index (κ2) is 6.59. The number of aromatic amines is 1. The number of benzene rings is 1. The van der Waals surface area contributed by atoms with E-state index in [4.69, 9.17) is 21.3 Å². The number of H-pyrrole nitrogens is 1. The Balaban J connectivity index is 1.81. The average molecular weight is 342 g/mol. The number of nitrogens with one attached hydrogen (secondary N) is 1. The van der Waals surface area contributed by atoms with Gasteiger partial charge >= 0.3 is 0 Å². The van der Waals surface area contributed by atoms with Crippen LogP contribution in [0.3, 0.4) is 0 Å². The third-order valence-electron chi connectivity index (χ3n) is 3.94. The van der Waals surface area contributed by atoms with E-state index in [1.807, 2.05) is 30.5 Å². The molecule has 0 spiro atoms. The van der Waals surface area contributed by atoms with E-state index in [0.29, 0.717) is 24.2 Å². The zero-order valence-electron chi connectivity index (χ0n) is 12.9. The van der Waals surface area contributed by atoms with Crippen molar-refractivity contribution in [3.8, 4) is 22.6 Å². The summed E-state index contributed by atoms with van der Waals surface area (Å²) in [4.78, 5) is 18.9. The second-order valence-electron chi connectivity index (χ2n) is 5.48. The van der Waals surface area contributed by atoms with Crippen LogP contribution in [0.2, 0.25) is 5.02 Å². The Hall–Kier alpha value is -2.44. The van der Waals surface area contributed by atoms with Crippen molar-refractivity contribution in [2.24, 2.45) is 0 Å². The van der Waals surface area contributed by atoms with Crippen LogP contribution in [0.4, 0.5) is 5.95 Å². The SMILES string of the molecule is Clc1ccc(-c2nc(N3CCOCC3)ncc2-c2ncc[nH]2)cc1. The molecule has 0 bridgehead atoms. The number of halogens is 1. The fraction of sp³-hybridized carbons (Fsp3) is 0.235. The molecule has 3 heterocycles. The Morgan fingerprint density at radius 2 is 1.88 bits per heavy atom. The van der Waals surface area contributed by atoms with Gasteiger partial charge in [0.05, 0.1) is 24.5 Å². The Morgan fingerprint density at radius 3 is 2.58 bits per heavy atom. The van der Waals surface area contributed by atoms with E-state index in [0.717, 1.165) is 35.7 Å². The van der Waals surface area contributed by atoms with Crippen molar-refractivity contribution in [3.63, 3.8) is 0 Å². The fourth-order valence-electron chi connectivity index (χ4n) is 2.70. The molecule has 1 N–H and O–H groups in total. The number of morpholine rings is 1. The molecule has 122 valence electrons. The molecule has 1 aliphatic heterocycles. The van der Waals surface area contributed by atoms with Crippen molar-refractivity contribution < 1.29 is 4.74 Å². The van der Waals surface area contributed by atoms with Crippen LogP contribution in [0.15, 0.2) is 42.9 Å². The number of aromatic nitrogens is 4. The van der Waals surface area contributed by atoms with E-state index in [9.17, 15) is 0 Å². The summed E-state index contributed by atoms with van der Waals surface area (Å²) in [7, 11) is 0. The van der Waals surface area contributed by atoms with Crippen LogP contribution in [0.25, 0.3) is 22.6 Å². The van der Waals surface area contributed by atoms with Gasteiger partial charge in [-0.3, -0.25) is 0 Å². The number of rotatable bonds is 3. The highest BCUT2D eigenvalue weighted by molar-refractivity contribution is 6.30. The second-order valence-corrected chi connectivity index (χ2v) is 5.91. The number of imidazole rings is 1. The van der Waals surface area contributed by atoms with E-state index in [2.05, 4.69) is 19.9 Å². The minimum atomic E-state index is 0.694. The summed E-state index contributed by atoms with van der Waals surface area (Å²) in [5.74, 6) is 1.45. The van der Waals surface area contributed by atoms with Crippen LogP contribution < -0.4 is 4.90 Å². The van der Waals surface area contributed by atoms with Crippen LogP contribution in [0, 0.1) is 0 Å². The number of ether oxygens (including phenoxy) is 1. The molecule has 0 saturated carbocycles. The van der Waals surface area contributed by atoms with Crippen LogP contribution in [0.5, 0.6) is 0 Å². The van der Waals surface area contributed by atoms with Gasteiger partial charge in [-0.25, -0.2) is 15.0 Å². The van der Waals surface area contributed by atoms with Gasteiger partial charge in [0.1, 0.15) is 5.82 Å². The molecule has 7 heteroatoms. The van der Waals surface area contributed by atoms with E-state index < -0.39 is 0 Å². The van der Waals surface area contributed by atoms with Crippen molar-refractivity contribution in [2.45, 2.75) is 0 Å². The van der Waals surface area contributed by atoms with Gasteiger partial charge in [-0.05, 0) is 12.1 Å². The molecular formula is C17H16ClN5O.